The molecule has 2 aliphatic rings. The van der Waals surface area contributed by atoms with Crippen LogP contribution < -0.4 is 5.73 Å². The van der Waals surface area contributed by atoms with Crippen molar-refractivity contribution in [1.29, 1.82) is 0 Å². The third-order valence-corrected chi connectivity index (χ3v) is 4.20. The quantitative estimate of drug-likeness (QED) is 0.636. The van der Waals surface area contributed by atoms with Crippen LogP contribution >= 0.6 is 11.8 Å². The van der Waals surface area contributed by atoms with Crippen LogP contribution in [0.5, 0.6) is 0 Å². The van der Waals surface area contributed by atoms with Gasteiger partial charge in [0.25, 0.3) is 0 Å². The first-order valence-corrected chi connectivity index (χ1v) is 5.39. The molecule has 13 heavy (non-hydrogen) atoms. The van der Waals surface area contributed by atoms with Gasteiger partial charge < -0.3 is 10.5 Å². The van der Waals surface area contributed by atoms with Gasteiger partial charge in [0.05, 0.1) is 18.6 Å². The highest BCUT2D eigenvalue weighted by Gasteiger charge is 2.45. The first-order chi connectivity index (χ1) is 6.30. The molecule has 1 fully saturated rings. The Balaban J connectivity index is 2.14. The molecule has 3 heteroatoms. The van der Waals surface area contributed by atoms with Crippen molar-refractivity contribution < 1.29 is 4.74 Å². The van der Waals surface area contributed by atoms with E-state index in [1.807, 2.05) is 17.8 Å². The van der Waals surface area contributed by atoms with Crippen molar-refractivity contribution in [3.8, 4) is 0 Å². The molecule has 1 saturated heterocycles. The fourth-order valence-electron chi connectivity index (χ4n) is 1.97. The van der Waals surface area contributed by atoms with Crippen LogP contribution in [0.25, 0.3) is 0 Å². The molecule has 2 aliphatic heterocycles. The summed E-state index contributed by atoms with van der Waals surface area (Å²) in [6.07, 6.45) is 0. The molecule has 0 amide bonds. The fraction of sp³-hybridized carbons (Fsp3) is 0.400. The summed E-state index contributed by atoms with van der Waals surface area (Å²) in [7, 11) is 0. The van der Waals surface area contributed by atoms with Crippen molar-refractivity contribution in [3.63, 3.8) is 0 Å². The number of rotatable bonds is 0. The Hall–Kier alpha value is -0.670. The third-order valence-electron chi connectivity index (χ3n) is 2.84. The van der Waals surface area contributed by atoms with Crippen LogP contribution in [0.1, 0.15) is 5.56 Å². The van der Waals surface area contributed by atoms with Crippen molar-refractivity contribution in [2.75, 3.05) is 24.7 Å². The number of fused-ring (bicyclic) bond motifs is 2. The highest BCUT2D eigenvalue weighted by Crippen LogP contribution is 2.48. The highest BCUT2D eigenvalue weighted by atomic mass is 32.2. The molecule has 1 aromatic rings. The van der Waals surface area contributed by atoms with E-state index in [1.165, 1.54) is 10.5 Å². The maximum absolute atomic E-state index is 5.78. The van der Waals surface area contributed by atoms with Crippen LogP contribution in [0.3, 0.4) is 0 Å². The summed E-state index contributed by atoms with van der Waals surface area (Å²) in [4.78, 5) is 1.39. The van der Waals surface area contributed by atoms with Crippen LogP contribution in [-0.2, 0) is 10.2 Å². The Labute approximate surface area is 81.5 Å². The Kier molecular flexibility index (Phi) is 1.44. The largest absolute Gasteiger partial charge is 0.399 e. The predicted molar refractivity (Wildman–Crippen MR) is 54.1 cm³/mol. The second-order valence-electron chi connectivity index (χ2n) is 3.82. The van der Waals surface area contributed by atoms with Gasteiger partial charge in [0.1, 0.15) is 0 Å². The van der Waals surface area contributed by atoms with Gasteiger partial charge in [-0.1, -0.05) is 0 Å². The summed E-state index contributed by atoms with van der Waals surface area (Å²) in [5, 5.41) is 0. The maximum Gasteiger partial charge on any atom is 0.0594 e. The molecule has 1 spiro atoms. The first-order valence-electron chi connectivity index (χ1n) is 4.41. The lowest BCUT2D eigenvalue weighted by Crippen LogP contribution is -2.46. The highest BCUT2D eigenvalue weighted by molar-refractivity contribution is 7.99. The molecular formula is C10H11NOS. The number of nitrogen functional groups attached to an aromatic ring is 1. The summed E-state index contributed by atoms with van der Waals surface area (Å²) in [5.41, 5.74) is 8.36. The molecule has 0 atom stereocenters. The average molecular weight is 193 g/mol. The zero-order chi connectivity index (χ0) is 8.89. The molecule has 2 N–H and O–H groups in total. The predicted octanol–water partition coefficient (Wildman–Crippen LogP) is 1.64. The van der Waals surface area contributed by atoms with E-state index in [-0.39, 0.29) is 0 Å². The maximum atomic E-state index is 5.78. The molecule has 0 radical (unpaired) electrons. The number of benzene rings is 1. The van der Waals surface area contributed by atoms with Gasteiger partial charge in [0, 0.05) is 16.3 Å². The van der Waals surface area contributed by atoms with Crippen LogP contribution in [0.15, 0.2) is 23.1 Å². The standard InChI is InChI=1S/C10H11NOS/c11-7-1-2-9-8(3-7)10(6-13-9)4-12-5-10/h1-3H,4-6,11H2. The average Bonchev–Trinajstić information content (AvgIpc) is 2.41. The second kappa shape index (κ2) is 2.42. The summed E-state index contributed by atoms with van der Waals surface area (Å²) >= 11 is 1.92. The molecule has 0 aromatic heterocycles. The molecule has 0 bridgehead atoms. The zero-order valence-corrected chi connectivity index (χ0v) is 8.06. The molecule has 0 unspecified atom stereocenters. The summed E-state index contributed by atoms with van der Waals surface area (Å²) < 4.78 is 5.30. The summed E-state index contributed by atoms with van der Waals surface area (Å²) in [6, 6.07) is 6.21. The van der Waals surface area contributed by atoms with Gasteiger partial charge >= 0.3 is 0 Å². The minimum atomic E-state index is 0.301. The first kappa shape index (κ1) is 7.71. The van der Waals surface area contributed by atoms with E-state index in [1.54, 1.807) is 0 Å². The zero-order valence-electron chi connectivity index (χ0n) is 7.25. The third kappa shape index (κ3) is 0.944. The van der Waals surface area contributed by atoms with Gasteiger partial charge in [0.2, 0.25) is 0 Å². The molecule has 68 valence electrons. The lowest BCUT2D eigenvalue weighted by molar-refractivity contribution is -0.0466. The van der Waals surface area contributed by atoms with E-state index in [9.17, 15) is 0 Å². The van der Waals surface area contributed by atoms with E-state index in [4.69, 9.17) is 10.5 Å². The Morgan fingerprint density at radius 3 is 2.92 bits per heavy atom. The summed E-state index contributed by atoms with van der Waals surface area (Å²) in [6.45, 7) is 1.74. The van der Waals surface area contributed by atoms with Crippen molar-refractivity contribution in [2.45, 2.75) is 10.3 Å². The molecule has 0 aliphatic carbocycles. The Morgan fingerprint density at radius 2 is 2.23 bits per heavy atom. The monoisotopic (exact) mass is 193 g/mol. The van der Waals surface area contributed by atoms with Crippen molar-refractivity contribution in [1.82, 2.24) is 0 Å². The number of ether oxygens (including phenoxy) is 1. The molecule has 3 rings (SSSR count). The topological polar surface area (TPSA) is 35.2 Å². The van der Waals surface area contributed by atoms with Gasteiger partial charge in [-0.25, -0.2) is 0 Å². The number of hydrogen-bond donors (Lipinski definition) is 1. The second-order valence-corrected chi connectivity index (χ2v) is 4.83. The van der Waals surface area contributed by atoms with Gasteiger partial charge in [-0.3, -0.25) is 0 Å². The van der Waals surface area contributed by atoms with E-state index in [0.29, 0.717) is 5.41 Å². The van der Waals surface area contributed by atoms with Gasteiger partial charge in [-0.05, 0) is 23.8 Å². The number of anilines is 1. The minimum Gasteiger partial charge on any atom is -0.399 e. The van der Waals surface area contributed by atoms with Crippen LogP contribution in [0, 0.1) is 0 Å². The van der Waals surface area contributed by atoms with Gasteiger partial charge in [-0.2, -0.15) is 0 Å². The molecule has 2 nitrogen and oxygen atoms in total. The number of hydrogen-bond acceptors (Lipinski definition) is 3. The van der Waals surface area contributed by atoms with E-state index >= 15 is 0 Å². The fourth-order valence-corrected chi connectivity index (χ4v) is 3.32. The lowest BCUT2D eigenvalue weighted by Gasteiger charge is -2.38. The smallest absolute Gasteiger partial charge is 0.0594 e. The van der Waals surface area contributed by atoms with Crippen molar-refractivity contribution in [2.24, 2.45) is 0 Å². The Morgan fingerprint density at radius 1 is 1.38 bits per heavy atom. The van der Waals surface area contributed by atoms with Gasteiger partial charge in [-0.15, -0.1) is 11.8 Å². The molecule has 2 heterocycles. The van der Waals surface area contributed by atoms with Crippen molar-refractivity contribution >= 4 is 17.4 Å². The molecule has 1 aromatic carbocycles. The minimum absolute atomic E-state index is 0.301. The SMILES string of the molecule is Nc1ccc2c(c1)C1(COC1)CS2. The van der Waals surface area contributed by atoms with E-state index in [2.05, 4.69) is 12.1 Å². The van der Waals surface area contributed by atoms with Crippen LogP contribution in [0.4, 0.5) is 5.69 Å². The van der Waals surface area contributed by atoms with Crippen molar-refractivity contribution in [3.05, 3.63) is 23.8 Å². The van der Waals surface area contributed by atoms with Crippen LogP contribution in [-0.4, -0.2) is 19.0 Å². The number of thioether (sulfide) groups is 1. The number of nitrogens with two attached hydrogens (primary N) is 1. The van der Waals surface area contributed by atoms with Crippen LogP contribution in [0.2, 0.25) is 0 Å². The molecule has 0 saturated carbocycles. The van der Waals surface area contributed by atoms with E-state index in [0.717, 1.165) is 24.7 Å². The Bertz CT molecular complexity index is 360. The lowest BCUT2D eigenvalue weighted by atomic mass is 9.81. The molecular weight excluding hydrogens is 182 g/mol. The van der Waals surface area contributed by atoms with E-state index < -0.39 is 0 Å². The normalized spacial score (nSPS) is 22.8. The summed E-state index contributed by atoms with van der Waals surface area (Å²) in [5.74, 6) is 1.16. The van der Waals surface area contributed by atoms with Gasteiger partial charge in [0.15, 0.2) is 0 Å².